The monoisotopic (exact) mass is 282 g/mol. The van der Waals surface area contributed by atoms with E-state index in [9.17, 15) is 4.79 Å². The highest BCUT2D eigenvalue weighted by Gasteiger charge is 2.09. The van der Waals surface area contributed by atoms with Gasteiger partial charge < -0.3 is 11.1 Å². The van der Waals surface area contributed by atoms with Crippen molar-refractivity contribution in [3.63, 3.8) is 0 Å². The van der Waals surface area contributed by atoms with Crippen molar-refractivity contribution < 1.29 is 4.79 Å². The van der Waals surface area contributed by atoms with Crippen LogP contribution in [0.25, 0.3) is 0 Å². The molecule has 5 nitrogen and oxygen atoms in total. The molecule has 2 aromatic rings. The molecule has 0 bridgehead atoms. The number of aromatic nitrogens is 2. The van der Waals surface area contributed by atoms with Gasteiger partial charge in [-0.25, -0.2) is 9.97 Å². The maximum Gasteiger partial charge on any atom is 0.230 e. The minimum Gasteiger partial charge on any atom is -0.375 e. The zero-order chi connectivity index (χ0) is 13.1. The first-order chi connectivity index (χ1) is 8.54. The Morgan fingerprint density at radius 1 is 1.50 bits per heavy atom. The predicted octanol–water partition coefficient (Wildman–Crippen LogP) is 2.26. The summed E-state index contributed by atoms with van der Waals surface area (Å²) in [6.07, 6.45) is 0.190. The lowest BCUT2D eigenvalue weighted by atomic mass is 10.3. The molecule has 2 heterocycles. The number of pyridine rings is 1. The van der Waals surface area contributed by atoms with E-state index in [-0.39, 0.29) is 12.3 Å². The molecular weight excluding hydrogens is 272 g/mol. The third kappa shape index (κ3) is 3.18. The van der Waals surface area contributed by atoms with Gasteiger partial charge in [-0.2, -0.15) is 0 Å². The number of hydrogen-bond acceptors (Lipinski definition) is 5. The molecule has 0 saturated heterocycles. The zero-order valence-electron chi connectivity index (χ0n) is 9.61. The first-order valence-electron chi connectivity index (χ1n) is 5.17. The SMILES string of the molecule is Cc1nc(Cl)ccc1NC(=O)Cc1csc(N)n1. The van der Waals surface area contributed by atoms with Crippen LogP contribution in [0.1, 0.15) is 11.4 Å². The first-order valence-corrected chi connectivity index (χ1v) is 6.43. The Bertz CT molecular complexity index is 584. The Kier molecular flexibility index (Phi) is 3.78. The molecule has 94 valence electrons. The number of carbonyl (C=O) groups excluding carboxylic acids is 1. The Hall–Kier alpha value is -1.66. The number of nitrogens with one attached hydrogen (secondary N) is 1. The number of thiazole rings is 1. The predicted molar refractivity (Wildman–Crippen MR) is 72.8 cm³/mol. The van der Waals surface area contributed by atoms with E-state index in [1.54, 1.807) is 24.4 Å². The number of nitrogens with zero attached hydrogens (tertiary/aromatic N) is 2. The Morgan fingerprint density at radius 3 is 2.89 bits per heavy atom. The van der Waals surface area contributed by atoms with E-state index in [0.29, 0.717) is 27.4 Å². The third-order valence-corrected chi connectivity index (χ3v) is 3.17. The van der Waals surface area contributed by atoms with Crippen molar-refractivity contribution in [1.29, 1.82) is 0 Å². The summed E-state index contributed by atoms with van der Waals surface area (Å²) in [5.74, 6) is -0.160. The van der Waals surface area contributed by atoms with E-state index in [2.05, 4.69) is 15.3 Å². The van der Waals surface area contributed by atoms with Crippen molar-refractivity contribution >= 4 is 39.7 Å². The van der Waals surface area contributed by atoms with Crippen LogP contribution in [0.15, 0.2) is 17.5 Å². The van der Waals surface area contributed by atoms with Crippen molar-refractivity contribution in [1.82, 2.24) is 9.97 Å². The van der Waals surface area contributed by atoms with E-state index in [1.165, 1.54) is 11.3 Å². The Balaban J connectivity index is 2.03. The minimum absolute atomic E-state index is 0.160. The molecule has 0 saturated carbocycles. The van der Waals surface area contributed by atoms with E-state index in [0.717, 1.165) is 0 Å². The van der Waals surface area contributed by atoms with Gasteiger partial charge in [0.25, 0.3) is 0 Å². The normalized spacial score (nSPS) is 10.3. The number of nitrogen functional groups attached to an aromatic ring is 1. The molecule has 2 aromatic heterocycles. The summed E-state index contributed by atoms with van der Waals surface area (Å²) in [7, 11) is 0. The highest BCUT2D eigenvalue weighted by atomic mass is 35.5. The summed E-state index contributed by atoms with van der Waals surface area (Å²) in [5.41, 5.74) is 7.48. The maximum atomic E-state index is 11.8. The van der Waals surface area contributed by atoms with Crippen LogP contribution in [0.3, 0.4) is 0 Å². The first kappa shape index (κ1) is 12.8. The van der Waals surface area contributed by atoms with Gasteiger partial charge in [-0.1, -0.05) is 11.6 Å². The topological polar surface area (TPSA) is 80.9 Å². The number of halogens is 1. The van der Waals surface area contributed by atoms with Gasteiger partial charge >= 0.3 is 0 Å². The molecule has 1 amide bonds. The highest BCUT2D eigenvalue weighted by Crippen LogP contribution is 2.16. The molecule has 0 aliphatic carbocycles. The summed E-state index contributed by atoms with van der Waals surface area (Å²) in [6.45, 7) is 1.78. The lowest BCUT2D eigenvalue weighted by Crippen LogP contribution is -2.15. The van der Waals surface area contributed by atoms with Gasteiger partial charge in [0.1, 0.15) is 5.15 Å². The Morgan fingerprint density at radius 2 is 2.28 bits per heavy atom. The van der Waals surface area contributed by atoms with E-state index >= 15 is 0 Å². The van der Waals surface area contributed by atoms with Gasteiger partial charge in [-0.3, -0.25) is 4.79 Å². The molecule has 0 aliphatic heterocycles. The number of hydrogen-bond donors (Lipinski definition) is 2. The van der Waals surface area contributed by atoms with Gasteiger partial charge in [0.2, 0.25) is 5.91 Å². The molecule has 0 atom stereocenters. The average Bonchev–Trinajstić information content (AvgIpc) is 2.68. The van der Waals surface area contributed by atoms with Crippen LogP contribution in [-0.4, -0.2) is 15.9 Å². The number of nitrogens with two attached hydrogens (primary N) is 1. The van der Waals surface area contributed by atoms with Crippen LogP contribution in [0.4, 0.5) is 10.8 Å². The van der Waals surface area contributed by atoms with Crippen molar-refractivity contribution in [2.75, 3.05) is 11.1 Å². The molecular formula is C11H11ClN4OS. The van der Waals surface area contributed by atoms with Crippen molar-refractivity contribution in [3.05, 3.63) is 34.1 Å². The van der Waals surface area contributed by atoms with Crippen LogP contribution in [0.2, 0.25) is 5.15 Å². The van der Waals surface area contributed by atoms with Gasteiger partial charge in [0.05, 0.1) is 23.5 Å². The second-order valence-corrected chi connectivity index (χ2v) is 4.95. The molecule has 0 aromatic carbocycles. The smallest absolute Gasteiger partial charge is 0.230 e. The maximum absolute atomic E-state index is 11.8. The van der Waals surface area contributed by atoms with Crippen LogP contribution < -0.4 is 11.1 Å². The number of anilines is 2. The fourth-order valence-corrected chi connectivity index (χ4v) is 2.18. The number of aryl methyl sites for hydroxylation is 1. The third-order valence-electron chi connectivity index (χ3n) is 2.24. The van der Waals surface area contributed by atoms with E-state index in [4.69, 9.17) is 17.3 Å². The van der Waals surface area contributed by atoms with Crippen LogP contribution in [0.5, 0.6) is 0 Å². The molecule has 0 spiro atoms. The molecule has 0 radical (unpaired) electrons. The van der Waals surface area contributed by atoms with E-state index < -0.39 is 0 Å². The van der Waals surface area contributed by atoms with Gasteiger partial charge in [-0.05, 0) is 19.1 Å². The second-order valence-electron chi connectivity index (χ2n) is 3.67. The van der Waals surface area contributed by atoms with Gasteiger partial charge in [0.15, 0.2) is 5.13 Å². The lowest BCUT2D eigenvalue weighted by molar-refractivity contribution is -0.115. The number of rotatable bonds is 3. The summed E-state index contributed by atoms with van der Waals surface area (Å²) in [4.78, 5) is 19.9. The van der Waals surface area contributed by atoms with Gasteiger partial charge in [-0.15, -0.1) is 11.3 Å². The van der Waals surface area contributed by atoms with Crippen LogP contribution in [0, 0.1) is 6.92 Å². The zero-order valence-corrected chi connectivity index (χ0v) is 11.2. The molecule has 2 rings (SSSR count). The molecule has 18 heavy (non-hydrogen) atoms. The summed E-state index contributed by atoms with van der Waals surface area (Å²) in [6, 6.07) is 3.35. The van der Waals surface area contributed by atoms with Crippen LogP contribution >= 0.6 is 22.9 Å². The standard InChI is InChI=1S/C11H11ClN4OS/c1-6-8(2-3-9(12)14-6)16-10(17)4-7-5-18-11(13)15-7/h2-3,5H,4H2,1H3,(H2,13,15)(H,16,17). The van der Waals surface area contributed by atoms with Crippen LogP contribution in [-0.2, 0) is 11.2 Å². The summed E-state index contributed by atoms with van der Waals surface area (Å²) < 4.78 is 0. The molecule has 7 heteroatoms. The van der Waals surface area contributed by atoms with E-state index in [1.807, 2.05) is 0 Å². The lowest BCUT2D eigenvalue weighted by Gasteiger charge is -2.06. The molecule has 0 aliphatic rings. The number of amides is 1. The average molecular weight is 283 g/mol. The van der Waals surface area contributed by atoms with Gasteiger partial charge in [0, 0.05) is 5.38 Å². The second kappa shape index (κ2) is 5.32. The van der Waals surface area contributed by atoms with Crippen molar-refractivity contribution in [2.24, 2.45) is 0 Å². The summed E-state index contributed by atoms with van der Waals surface area (Å²) >= 11 is 7.05. The highest BCUT2D eigenvalue weighted by molar-refractivity contribution is 7.13. The van der Waals surface area contributed by atoms with Crippen molar-refractivity contribution in [3.8, 4) is 0 Å². The minimum atomic E-state index is -0.160. The largest absolute Gasteiger partial charge is 0.375 e. The quantitative estimate of drug-likeness (QED) is 0.846. The summed E-state index contributed by atoms with van der Waals surface area (Å²) in [5, 5.41) is 5.39. The Labute approximate surface area is 113 Å². The molecule has 3 N–H and O–H groups in total. The number of carbonyl (C=O) groups is 1. The molecule has 0 unspecified atom stereocenters. The fraction of sp³-hybridized carbons (Fsp3) is 0.182. The van der Waals surface area contributed by atoms with Crippen molar-refractivity contribution in [2.45, 2.75) is 13.3 Å². The molecule has 0 fully saturated rings. The fourth-order valence-electron chi connectivity index (χ4n) is 1.43.